The number of nitrogen functional groups attached to an aromatic ring is 1. The van der Waals surface area contributed by atoms with Crippen LogP contribution in [-0.2, 0) is 13.6 Å². The summed E-state index contributed by atoms with van der Waals surface area (Å²) in [5, 5.41) is 12.3. The predicted molar refractivity (Wildman–Crippen MR) is 68.5 cm³/mol. The number of rotatable bonds is 3. The lowest BCUT2D eigenvalue weighted by atomic mass is 9.76. The largest absolute Gasteiger partial charge is 0.380 e. The van der Waals surface area contributed by atoms with Crippen molar-refractivity contribution in [2.45, 2.75) is 26.3 Å². The summed E-state index contributed by atoms with van der Waals surface area (Å²) < 4.78 is 3.72. The minimum atomic E-state index is 0.478. The topological polar surface area (TPSA) is 74.6 Å². The fraction of sp³-hybridized carbons (Fsp3) is 0.583. The summed E-state index contributed by atoms with van der Waals surface area (Å²) in [6.45, 7) is 3.18. The van der Waals surface area contributed by atoms with Gasteiger partial charge in [-0.2, -0.15) is 5.10 Å². The van der Waals surface area contributed by atoms with E-state index in [0.29, 0.717) is 11.7 Å². The SMILES string of the molecule is CC1CC(Cn2nnc(N)c2-c2ccnn2C)C1. The lowest BCUT2D eigenvalue weighted by Gasteiger charge is -2.32. The molecule has 1 saturated carbocycles. The maximum absolute atomic E-state index is 5.93. The molecule has 6 heteroatoms. The monoisotopic (exact) mass is 246 g/mol. The summed E-state index contributed by atoms with van der Waals surface area (Å²) in [5.41, 5.74) is 7.78. The lowest BCUT2D eigenvalue weighted by Crippen LogP contribution is -2.26. The Morgan fingerprint density at radius 1 is 1.44 bits per heavy atom. The molecule has 3 rings (SSSR count). The minimum Gasteiger partial charge on any atom is -0.380 e. The maximum Gasteiger partial charge on any atom is 0.175 e. The van der Waals surface area contributed by atoms with Gasteiger partial charge in [0.1, 0.15) is 5.69 Å². The third-order valence-corrected chi connectivity index (χ3v) is 3.73. The molecule has 0 atom stereocenters. The smallest absolute Gasteiger partial charge is 0.175 e. The van der Waals surface area contributed by atoms with Crippen molar-refractivity contribution < 1.29 is 0 Å². The summed E-state index contributed by atoms with van der Waals surface area (Å²) >= 11 is 0. The van der Waals surface area contributed by atoms with E-state index >= 15 is 0 Å². The van der Waals surface area contributed by atoms with Gasteiger partial charge in [-0.1, -0.05) is 12.1 Å². The quantitative estimate of drug-likeness (QED) is 0.886. The van der Waals surface area contributed by atoms with Crippen LogP contribution >= 0.6 is 0 Å². The van der Waals surface area contributed by atoms with Crippen LogP contribution in [0.5, 0.6) is 0 Å². The molecule has 18 heavy (non-hydrogen) atoms. The molecule has 2 heterocycles. The fourth-order valence-corrected chi connectivity index (χ4v) is 2.79. The van der Waals surface area contributed by atoms with Gasteiger partial charge in [-0.15, -0.1) is 5.10 Å². The van der Waals surface area contributed by atoms with E-state index in [2.05, 4.69) is 22.3 Å². The average Bonchev–Trinajstić information content (AvgIpc) is 2.84. The van der Waals surface area contributed by atoms with Crippen molar-refractivity contribution in [1.29, 1.82) is 0 Å². The molecule has 1 fully saturated rings. The molecule has 96 valence electrons. The zero-order chi connectivity index (χ0) is 12.7. The molecule has 2 aromatic heterocycles. The molecule has 1 aliphatic rings. The summed E-state index contributed by atoms with van der Waals surface area (Å²) in [6, 6.07) is 1.94. The van der Waals surface area contributed by atoms with Crippen molar-refractivity contribution in [1.82, 2.24) is 24.8 Å². The van der Waals surface area contributed by atoms with Crippen molar-refractivity contribution in [3.63, 3.8) is 0 Å². The first-order chi connectivity index (χ1) is 8.65. The van der Waals surface area contributed by atoms with Crippen molar-refractivity contribution in [2.75, 3.05) is 5.73 Å². The minimum absolute atomic E-state index is 0.478. The highest BCUT2D eigenvalue weighted by atomic mass is 15.5. The Kier molecular flexibility index (Phi) is 2.57. The Morgan fingerprint density at radius 3 is 2.83 bits per heavy atom. The molecule has 0 bridgehead atoms. The van der Waals surface area contributed by atoms with Crippen LogP contribution in [0.2, 0.25) is 0 Å². The first kappa shape index (κ1) is 11.3. The van der Waals surface area contributed by atoms with E-state index in [9.17, 15) is 0 Å². The molecule has 0 aromatic carbocycles. The van der Waals surface area contributed by atoms with E-state index in [1.165, 1.54) is 12.8 Å². The molecule has 0 unspecified atom stereocenters. The van der Waals surface area contributed by atoms with Crippen molar-refractivity contribution in [3.05, 3.63) is 12.3 Å². The van der Waals surface area contributed by atoms with Crippen LogP contribution in [-0.4, -0.2) is 24.8 Å². The maximum atomic E-state index is 5.93. The summed E-state index contributed by atoms with van der Waals surface area (Å²) in [7, 11) is 1.90. The van der Waals surface area contributed by atoms with Crippen LogP contribution < -0.4 is 5.73 Å². The number of hydrogen-bond acceptors (Lipinski definition) is 4. The third-order valence-electron chi connectivity index (χ3n) is 3.73. The average molecular weight is 246 g/mol. The van der Waals surface area contributed by atoms with Crippen LogP contribution in [0.25, 0.3) is 11.4 Å². The van der Waals surface area contributed by atoms with Crippen molar-refractivity contribution in [3.8, 4) is 11.4 Å². The van der Waals surface area contributed by atoms with Gasteiger partial charge in [0.2, 0.25) is 0 Å². The van der Waals surface area contributed by atoms with Gasteiger partial charge in [-0.05, 0) is 30.7 Å². The van der Waals surface area contributed by atoms with Gasteiger partial charge in [0.25, 0.3) is 0 Å². The van der Waals surface area contributed by atoms with E-state index < -0.39 is 0 Å². The molecular formula is C12H18N6. The van der Waals surface area contributed by atoms with E-state index in [4.69, 9.17) is 5.73 Å². The molecule has 0 saturated heterocycles. The molecule has 0 amide bonds. The predicted octanol–water partition coefficient (Wildman–Crippen LogP) is 1.31. The molecule has 6 nitrogen and oxygen atoms in total. The number of nitrogens with zero attached hydrogens (tertiary/aromatic N) is 5. The molecule has 2 N–H and O–H groups in total. The van der Waals surface area contributed by atoms with Gasteiger partial charge in [0, 0.05) is 19.8 Å². The zero-order valence-electron chi connectivity index (χ0n) is 10.7. The molecular weight excluding hydrogens is 228 g/mol. The van der Waals surface area contributed by atoms with Gasteiger partial charge in [0.05, 0.1) is 5.69 Å². The van der Waals surface area contributed by atoms with Crippen molar-refractivity contribution in [2.24, 2.45) is 18.9 Å². The van der Waals surface area contributed by atoms with Gasteiger partial charge >= 0.3 is 0 Å². The zero-order valence-corrected chi connectivity index (χ0v) is 10.7. The van der Waals surface area contributed by atoms with E-state index in [0.717, 1.165) is 23.9 Å². The molecule has 0 radical (unpaired) electrons. The van der Waals surface area contributed by atoms with E-state index in [-0.39, 0.29) is 0 Å². The molecule has 1 aliphatic carbocycles. The number of hydrogen-bond donors (Lipinski definition) is 1. The second kappa shape index (κ2) is 4.12. The highest BCUT2D eigenvalue weighted by molar-refractivity contribution is 5.66. The van der Waals surface area contributed by atoms with E-state index in [1.807, 2.05) is 17.8 Å². The van der Waals surface area contributed by atoms with Gasteiger partial charge in [-0.3, -0.25) is 4.68 Å². The van der Waals surface area contributed by atoms with Crippen LogP contribution in [0.15, 0.2) is 12.3 Å². The summed E-state index contributed by atoms with van der Waals surface area (Å²) in [4.78, 5) is 0. The van der Waals surface area contributed by atoms with Crippen LogP contribution in [0.1, 0.15) is 19.8 Å². The first-order valence-corrected chi connectivity index (χ1v) is 6.32. The number of anilines is 1. The number of aromatic nitrogens is 5. The number of aryl methyl sites for hydroxylation is 1. The first-order valence-electron chi connectivity index (χ1n) is 6.32. The fourth-order valence-electron chi connectivity index (χ4n) is 2.79. The van der Waals surface area contributed by atoms with E-state index in [1.54, 1.807) is 10.9 Å². The Morgan fingerprint density at radius 2 is 2.22 bits per heavy atom. The molecule has 0 spiro atoms. The summed E-state index contributed by atoms with van der Waals surface area (Å²) in [6.07, 6.45) is 4.30. The number of nitrogens with two attached hydrogens (primary N) is 1. The van der Waals surface area contributed by atoms with Crippen LogP contribution in [0.4, 0.5) is 5.82 Å². The van der Waals surface area contributed by atoms with Crippen LogP contribution in [0.3, 0.4) is 0 Å². The second-order valence-corrected chi connectivity index (χ2v) is 5.29. The van der Waals surface area contributed by atoms with Crippen LogP contribution in [0, 0.1) is 11.8 Å². The third kappa shape index (κ3) is 1.77. The van der Waals surface area contributed by atoms with Gasteiger partial charge in [0.15, 0.2) is 5.82 Å². The highest BCUT2D eigenvalue weighted by Gasteiger charge is 2.27. The lowest BCUT2D eigenvalue weighted by molar-refractivity contribution is 0.181. The Balaban J connectivity index is 1.89. The normalized spacial score (nSPS) is 23.0. The standard InChI is InChI=1S/C12H18N6/c1-8-5-9(6-8)7-18-11(12(13)15-16-18)10-3-4-14-17(10)2/h3-4,8-9H,5-7,13H2,1-2H3. The highest BCUT2D eigenvalue weighted by Crippen LogP contribution is 2.35. The van der Waals surface area contributed by atoms with Gasteiger partial charge < -0.3 is 5.73 Å². The Hall–Kier alpha value is -1.85. The van der Waals surface area contributed by atoms with Gasteiger partial charge in [-0.25, -0.2) is 4.68 Å². The Bertz CT molecular complexity index is 549. The molecule has 0 aliphatic heterocycles. The second-order valence-electron chi connectivity index (χ2n) is 5.29. The van der Waals surface area contributed by atoms with Crippen molar-refractivity contribution >= 4 is 5.82 Å². The Labute approximate surface area is 106 Å². The summed E-state index contributed by atoms with van der Waals surface area (Å²) in [5.74, 6) is 2.02. The molecule has 2 aromatic rings.